The monoisotopic (exact) mass is 423 g/mol. The van der Waals surface area contributed by atoms with E-state index in [-0.39, 0.29) is 22.6 Å². The van der Waals surface area contributed by atoms with Crippen LogP contribution in [0.2, 0.25) is 0 Å². The summed E-state index contributed by atoms with van der Waals surface area (Å²) in [6, 6.07) is 11.5. The lowest BCUT2D eigenvalue weighted by molar-refractivity contribution is -0.137. The van der Waals surface area contributed by atoms with Gasteiger partial charge in [-0.25, -0.2) is 0 Å². The van der Waals surface area contributed by atoms with Gasteiger partial charge in [0.2, 0.25) is 11.8 Å². The predicted molar refractivity (Wildman–Crippen MR) is 102 cm³/mol. The van der Waals surface area contributed by atoms with Gasteiger partial charge in [-0.2, -0.15) is 13.2 Å². The molecule has 0 bridgehead atoms. The summed E-state index contributed by atoms with van der Waals surface area (Å²) >= 11 is 0.985. The molecule has 0 unspecified atom stereocenters. The minimum atomic E-state index is -4.48. The zero-order valence-electron chi connectivity index (χ0n) is 15.2. The number of carbonyl (C=O) groups excluding carboxylic acids is 1. The van der Waals surface area contributed by atoms with E-state index in [0.29, 0.717) is 12.2 Å². The van der Waals surface area contributed by atoms with Crippen molar-refractivity contribution in [2.45, 2.75) is 18.3 Å². The normalized spacial score (nSPS) is 11.3. The van der Waals surface area contributed by atoms with Gasteiger partial charge in [0.25, 0.3) is 5.22 Å². The molecule has 0 atom stereocenters. The number of carbonyl (C=O) groups is 1. The van der Waals surface area contributed by atoms with Crippen LogP contribution in [0.25, 0.3) is 11.5 Å². The number of thioether (sulfide) groups is 1. The van der Waals surface area contributed by atoms with Gasteiger partial charge < -0.3 is 14.5 Å². The molecule has 0 saturated heterocycles. The number of anilines is 1. The molecule has 0 spiro atoms. The van der Waals surface area contributed by atoms with E-state index < -0.39 is 17.6 Å². The Balaban J connectivity index is 1.56. The van der Waals surface area contributed by atoms with Gasteiger partial charge in [-0.05, 0) is 49.4 Å². The second-order valence-electron chi connectivity index (χ2n) is 5.75. The van der Waals surface area contributed by atoms with Crippen molar-refractivity contribution < 1.29 is 27.1 Å². The maximum absolute atomic E-state index is 12.7. The van der Waals surface area contributed by atoms with Crippen molar-refractivity contribution in [3.63, 3.8) is 0 Å². The smallest absolute Gasteiger partial charge is 0.416 e. The van der Waals surface area contributed by atoms with Crippen LogP contribution >= 0.6 is 11.8 Å². The molecule has 3 aromatic rings. The van der Waals surface area contributed by atoms with Crippen LogP contribution in [-0.4, -0.2) is 28.5 Å². The van der Waals surface area contributed by atoms with Gasteiger partial charge >= 0.3 is 6.18 Å². The second-order valence-corrected chi connectivity index (χ2v) is 6.67. The van der Waals surface area contributed by atoms with Gasteiger partial charge in [-0.15, -0.1) is 10.2 Å². The van der Waals surface area contributed by atoms with Gasteiger partial charge in [0.05, 0.1) is 17.9 Å². The van der Waals surface area contributed by atoms with Crippen molar-refractivity contribution in [3.8, 4) is 17.2 Å². The Labute approximate surface area is 168 Å². The number of alkyl halides is 3. The van der Waals surface area contributed by atoms with Crippen LogP contribution in [0.1, 0.15) is 12.5 Å². The highest BCUT2D eigenvalue weighted by atomic mass is 32.2. The van der Waals surface area contributed by atoms with Crippen LogP contribution in [0.15, 0.2) is 58.2 Å². The molecule has 0 aliphatic heterocycles. The summed E-state index contributed by atoms with van der Waals surface area (Å²) in [6.45, 7) is 2.45. The van der Waals surface area contributed by atoms with E-state index in [1.807, 2.05) is 6.92 Å². The Morgan fingerprint density at radius 3 is 2.62 bits per heavy atom. The molecule has 29 heavy (non-hydrogen) atoms. The SMILES string of the molecule is CCOc1ccc(-c2nnc(SCC(=O)Nc3cccc(C(F)(F)F)c3)o2)cc1. The third-order valence-electron chi connectivity index (χ3n) is 3.62. The first-order chi connectivity index (χ1) is 13.8. The molecule has 10 heteroatoms. The number of nitrogens with one attached hydrogen (secondary N) is 1. The Morgan fingerprint density at radius 2 is 1.93 bits per heavy atom. The van der Waals surface area contributed by atoms with E-state index in [4.69, 9.17) is 9.15 Å². The van der Waals surface area contributed by atoms with Gasteiger partial charge in [0.15, 0.2) is 0 Å². The fraction of sp³-hybridized carbons (Fsp3) is 0.211. The van der Waals surface area contributed by atoms with E-state index >= 15 is 0 Å². The number of hydrogen-bond donors (Lipinski definition) is 1. The topological polar surface area (TPSA) is 77.2 Å². The average Bonchev–Trinajstić information content (AvgIpc) is 3.16. The highest BCUT2D eigenvalue weighted by molar-refractivity contribution is 7.99. The van der Waals surface area contributed by atoms with E-state index in [1.54, 1.807) is 24.3 Å². The molecule has 0 aliphatic carbocycles. The van der Waals surface area contributed by atoms with Crippen LogP contribution < -0.4 is 10.1 Å². The molecule has 1 amide bonds. The van der Waals surface area contributed by atoms with E-state index in [1.165, 1.54) is 12.1 Å². The lowest BCUT2D eigenvalue weighted by atomic mass is 10.2. The second kappa shape index (κ2) is 8.99. The molecule has 2 aromatic carbocycles. The lowest BCUT2D eigenvalue weighted by Crippen LogP contribution is -2.15. The lowest BCUT2D eigenvalue weighted by Gasteiger charge is -2.09. The molecule has 6 nitrogen and oxygen atoms in total. The number of aromatic nitrogens is 2. The van der Waals surface area contributed by atoms with Crippen LogP contribution in [-0.2, 0) is 11.0 Å². The molecule has 0 aliphatic rings. The van der Waals surface area contributed by atoms with Gasteiger partial charge in [0, 0.05) is 11.3 Å². The highest BCUT2D eigenvalue weighted by Crippen LogP contribution is 2.31. The van der Waals surface area contributed by atoms with E-state index in [0.717, 1.165) is 29.6 Å². The quantitative estimate of drug-likeness (QED) is 0.546. The number of amides is 1. The number of ether oxygens (including phenoxy) is 1. The van der Waals surface area contributed by atoms with Crippen molar-refractivity contribution in [1.82, 2.24) is 10.2 Å². The van der Waals surface area contributed by atoms with Crippen LogP contribution in [0.4, 0.5) is 18.9 Å². The number of rotatable bonds is 7. The van der Waals surface area contributed by atoms with Crippen LogP contribution in [0, 0.1) is 0 Å². The highest BCUT2D eigenvalue weighted by Gasteiger charge is 2.30. The zero-order chi connectivity index (χ0) is 20.9. The minimum absolute atomic E-state index is 0.0611. The number of halogens is 3. The summed E-state index contributed by atoms with van der Waals surface area (Å²) in [5.41, 5.74) is -0.0768. The molecule has 152 valence electrons. The summed E-state index contributed by atoms with van der Waals surface area (Å²) in [7, 11) is 0. The van der Waals surface area contributed by atoms with Gasteiger partial charge in [0.1, 0.15) is 5.75 Å². The first-order valence-electron chi connectivity index (χ1n) is 8.52. The average molecular weight is 423 g/mol. The Morgan fingerprint density at radius 1 is 1.17 bits per heavy atom. The third-order valence-corrected chi connectivity index (χ3v) is 4.44. The summed E-state index contributed by atoms with van der Waals surface area (Å²) in [5.74, 6) is 0.418. The fourth-order valence-electron chi connectivity index (χ4n) is 2.34. The Kier molecular flexibility index (Phi) is 6.42. The minimum Gasteiger partial charge on any atom is -0.494 e. The largest absolute Gasteiger partial charge is 0.494 e. The van der Waals surface area contributed by atoms with Crippen molar-refractivity contribution in [2.75, 3.05) is 17.7 Å². The molecular formula is C19H16F3N3O3S. The van der Waals surface area contributed by atoms with E-state index in [2.05, 4.69) is 15.5 Å². The van der Waals surface area contributed by atoms with Crippen molar-refractivity contribution in [1.29, 1.82) is 0 Å². The number of benzene rings is 2. The van der Waals surface area contributed by atoms with Crippen molar-refractivity contribution in [2.24, 2.45) is 0 Å². The Hall–Kier alpha value is -3.01. The fourth-order valence-corrected chi connectivity index (χ4v) is 2.91. The number of hydrogen-bond acceptors (Lipinski definition) is 6. The maximum Gasteiger partial charge on any atom is 0.416 e. The first-order valence-corrected chi connectivity index (χ1v) is 9.50. The predicted octanol–water partition coefficient (Wildman–Crippen LogP) is 4.88. The van der Waals surface area contributed by atoms with Gasteiger partial charge in [-0.3, -0.25) is 4.79 Å². The van der Waals surface area contributed by atoms with Crippen LogP contribution in [0.3, 0.4) is 0 Å². The summed E-state index contributed by atoms with van der Waals surface area (Å²) < 4.78 is 49.0. The molecule has 3 rings (SSSR count). The molecular weight excluding hydrogens is 407 g/mol. The molecule has 1 N–H and O–H groups in total. The molecule has 0 radical (unpaired) electrons. The molecule has 0 fully saturated rings. The molecule has 1 heterocycles. The molecule has 0 saturated carbocycles. The Bertz CT molecular complexity index is 975. The molecule has 1 aromatic heterocycles. The van der Waals surface area contributed by atoms with Gasteiger partial charge in [-0.1, -0.05) is 17.8 Å². The van der Waals surface area contributed by atoms with E-state index in [9.17, 15) is 18.0 Å². The number of nitrogens with zero attached hydrogens (tertiary/aromatic N) is 2. The summed E-state index contributed by atoms with van der Waals surface area (Å²) in [4.78, 5) is 12.0. The zero-order valence-corrected chi connectivity index (χ0v) is 16.0. The standard InChI is InChI=1S/C19H16F3N3O3S/c1-2-27-15-8-6-12(7-9-15)17-24-25-18(28-17)29-11-16(26)23-14-5-3-4-13(10-14)19(20,21)22/h3-10H,2,11H2,1H3,(H,23,26). The van der Waals surface area contributed by atoms with Crippen molar-refractivity contribution in [3.05, 3.63) is 54.1 Å². The van der Waals surface area contributed by atoms with Crippen molar-refractivity contribution >= 4 is 23.4 Å². The summed E-state index contributed by atoms with van der Waals surface area (Å²) in [6.07, 6.45) is -4.48. The van der Waals surface area contributed by atoms with Crippen LogP contribution in [0.5, 0.6) is 5.75 Å². The maximum atomic E-state index is 12.7. The first kappa shape index (κ1) is 20.7. The third kappa shape index (κ3) is 5.74. The summed E-state index contributed by atoms with van der Waals surface area (Å²) in [5, 5.41) is 10.4.